The van der Waals surface area contributed by atoms with Crippen LogP contribution in [0.4, 0.5) is 0 Å². The molecule has 0 spiro atoms. The number of carbonyl (C=O) groups is 1. The summed E-state index contributed by atoms with van der Waals surface area (Å²) in [6.45, 7) is 5.72. The van der Waals surface area contributed by atoms with E-state index in [9.17, 15) is 4.79 Å². The van der Waals surface area contributed by atoms with Crippen molar-refractivity contribution in [3.8, 4) is 0 Å². The summed E-state index contributed by atoms with van der Waals surface area (Å²) in [7, 11) is 0. The van der Waals surface area contributed by atoms with Gasteiger partial charge >= 0.3 is 5.97 Å². The Morgan fingerprint density at radius 3 is 2.15 bits per heavy atom. The van der Waals surface area contributed by atoms with Crippen molar-refractivity contribution in [3.63, 3.8) is 0 Å². The average Bonchev–Trinajstić information content (AvgIpc) is 2.03. The normalized spacial score (nSPS) is 12.8. The fraction of sp³-hybridized carbons (Fsp3) is 0.875. The lowest BCUT2D eigenvalue weighted by atomic mass is 9.98. The maximum atomic E-state index is 11.1. The molecule has 0 saturated carbocycles. The third-order valence-corrected chi connectivity index (χ3v) is 5.52. The molecule has 13 heavy (non-hydrogen) atoms. The fourth-order valence-corrected chi connectivity index (χ4v) is 2.22. The highest BCUT2D eigenvalue weighted by Gasteiger charge is 2.43. The number of halogens is 3. The zero-order valence-electron chi connectivity index (χ0n) is 7.86. The fourth-order valence-electron chi connectivity index (χ4n) is 0.431. The lowest BCUT2D eigenvalue weighted by Crippen LogP contribution is -2.38. The number of carbonyl (C=O) groups excluding carboxylic acids is 1. The van der Waals surface area contributed by atoms with Crippen LogP contribution in [0.1, 0.15) is 27.2 Å². The second-order valence-corrected chi connectivity index (χ2v) is 7.22. The molecule has 0 radical (unpaired) electrons. The standard InChI is InChI=1S/C8H13Br3O2/c1-4-6(12)13-8(10,11)7(2,3)5-9/h4-5H2,1-3H3. The molecule has 0 aromatic heterocycles. The summed E-state index contributed by atoms with van der Waals surface area (Å²) in [6.07, 6.45) is 0.372. The number of ether oxygens (including phenoxy) is 1. The Hall–Kier alpha value is 0.910. The number of hydrogen-bond acceptors (Lipinski definition) is 2. The summed E-state index contributed by atoms with van der Waals surface area (Å²) in [5, 5.41) is 0.716. The Balaban J connectivity index is 4.47. The predicted molar refractivity (Wildman–Crippen MR) is 64.5 cm³/mol. The highest BCUT2D eigenvalue weighted by atomic mass is 79.9. The van der Waals surface area contributed by atoms with Crippen LogP contribution in [0, 0.1) is 5.41 Å². The van der Waals surface area contributed by atoms with E-state index in [0.29, 0.717) is 11.8 Å². The molecule has 0 aromatic rings. The van der Waals surface area contributed by atoms with Crippen molar-refractivity contribution in [3.05, 3.63) is 0 Å². The van der Waals surface area contributed by atoms with Crippen LogP contribution in [0.15, 0.2) is 0 Å². The first-order valence-electron chi connectivity index (χ1n) is 3.92. The van der Waals surface area contributed by atoms with Crippen LogP contribution in [-0.2, 0) is 9.53 Å². The quantitative estimate of drug-likeness (QED) is 0.547. The first kappa shape index (κ1) is 13.9. The molecular weight excluding hydrogens is 368 g/mol. The summed E-state index contributed by atoms with van der Waals surface area (Å²) in [5.74, 6) is -0.234. The molecule has 0 rings (SSSR count). The second-order valence-electron chi connectivity index (χ2n) is 3.36. The van der Waals surface area contributed by atoms with Crippen molar-refractivity contribution in [2.24, 2.45) is 5.41 Å². The number of hydrogen-bond donors (Lipinski definition) is 0. The van der Waals surface area contributed by atoms with Crippen LogP contribution in [-0.4, -0.2) is 14.7 Å². The molecule has 2 nitrogen and oxygen atoms in total. The van der Waals surface area contributed by atoms with E-state index < -0.39 is 3.42 Å². The predicted octanol–water partition coefficient (Wildman–Crippen LogP) is 3.80. The summed E-state index contributed by atoms with van der Waals surface area (Å²) in [5.41, 5.74) is -0.224. The van der Waals surface area contributed by atoms with Crippen molar-refractivity contribution in [1.29, 1.82) is 0 Å². The van der Waals surface area contributed by atoms with Gasteiger partial charge in [-0.25, -0.2) is 0 Å². The first-order chi connectivity index (χ1) is 5.77. The highest BCUT2D eigenvalue weighted by Crippen LogP contribution is 2.46. The second kappa shape index (κ2) is 5.12. The number of esters is 1. The van der Waals surface area contributed by atoms with Gasteiger partial charge in [0.25, 0.3) is 0 Å². The molecular formula is C8H13Br3O2. The minimum atomic E-state index is -0.802. The summed E-state index contributed by atoms with van der Waals surface area (Å²) >= 11 is 10.1. The van der Waals surface area contributed by atoms with Crippen LogP contribution in [0.25, 0.3) is 0 Å². The van der Waals surface area contributed by atoms with Crippen molar-refractivity contribution in [2.45, 2.75) is 30.6 Å². The van der Waals surface area contributed by atoms with Gasteiger partial charge in [-0.2, -0.15) is 0 Å². The Kier molecular flexibility index (Phi) is 5.48. The Morgan fingerprint density at radius 2 is 1.85 bits per heavy atom. The SMILES string of the molecule is CCC(=O)OC(Br)(Br)C(C)(C)CBr. The minimum Gasteiger partial charge on any atom is -0.436 e. The van der Waals surface area contributed by atoms with Gasteiger partial charge < -0.3 is 4.74 Å². The molecule has 0 heterocycles. The van der Waals surface area contributed by atoms with Crippen LogP contribution in [0.2, 0.25) is 0 Å². The van der Waals surface area contributed by atoms with E-state index in [4.69, 9.17) is 4.74 Å². The average molecular weight is 381 g/mol. The molecule has 5 heteroatoms. The lowest BCUT2D eigenvalue weighted by molar-refractivity contribution is -0.149. The molecule has 0 saturated heterocycles. The minimum absolute atomic E-state index is 0.224. The Morgan fingerprint density at radius 1 is 1.38 bits per heavy atom. The molecule has 0 N–H and O–H groups in total. The Bertz CT molecular complexity index is 190. The summed E-state index contributed by atoms with van der Waals surface area (Å²) < 4.78 is 4.41. The van der Waals surface area contributed by atoms with E-state index in [1.165, 1.54) is 0 Å². The molecule has 0 aliphatic heterocycles. The van der Waals surface area contributed by atoms with Gasteiger partial charge in [-0.1, -0.05) is 36.7 Å². The number of alkyl halides is 3. The lowest BCUT2D eigenvalue weighted by Gasteiger charge is -2.35. The van der Waals surface area contributed by atoms with Crippen molar-refractivity contribution in [1.82, 2.24) is 0 Å². The van der Waals surface area contributed by atoms with Crippen molar-refractivity contribution >= 4 is 53.8 Å². The van der Waals surface area contributed by atoms with Gasteiger partial charge in [-0.3, -0.25) is 4.79 Å². The molecule has 0 fully saturated rings. The maximum Gasteiger partial charge on any atom is 0.307 e. The van der Waals surface area contributed by atoms with Gasteiger partial charge in [0.15, 0.2) is 0 Å². The smallest absolute Gasteiger partial charge is 0.307 e. The van der Waals surface area contributed by atoms with Gasteiger partial charge in [0.2, 0.25) is 3.42 Å². The third kappa shape index (κ3) is 3.88. The van der Waals surface area contributed by atoms with E-state index in [1.54, 1.807) is 6.92 Å². The van der Waals surface area contributed by atoms with Crippen LogP contribution < -0.4 is 0 Å². The Labute approximate surface area is 104 Å². The van der Waals surface area contributed by atoms with Crippen LogP contribution in [0.5, 0.6) is 0 Å². The van der Waals surface area contributed by atoms with E-state index in [0.717, 1.165) is 0 Å². The molecule has 0 aliphatic carbocycles. The molecule has 0 amide bonds. The third-order valence-electron chi connectivity index (χ3n) is 1.65. The van der Waals surface area contributed by atoms with E-state index in [1.807, 2.05) is 13.8 Å². The first-order valence-corrected chi connectivity index (χ1v) is 6.63. The molecule has 0 unspecified atom stereocenters. The zero-order valence-corrected chi connectivity index (χ0v) is 12.6. The van der Waals surface area contributed by atoms with Gasteiger partial charge in [0.05, 0.1) is 0 Å². The van der Waals surface area contributed by atoms with Gasteiger partial charge in [-0.05, 0) is 31.9 Å². The van der Waals surface area contributed by atoms with Crippen molar-refractivity contribution in [2.75, 3.05) is 5.33 Å². The van der Waals surface area contributed by atoms with Crippen molar-refractivity contribution < 1.29 is 9.53 Å². The van der Waals surface area contributed by atoms with Gasteiger partial charge in [0.1, 0.15) is 0 Å². The van der Waals surface area contributed by atoms with E-state index >= 15 is 0 Å². The molecule has 78 valence electrons. The van der Waals surface area contributed by atoms with Crippen LogP contribution >= 0.6 is 47.8 Å². The monoisotopic (exact) mass is 378 g/mol. The molecule has 0 atom stereocenters. The van der Waals surface area contributed by atoms with E-state index in [-0.39, 0.29) is 11.4 Å². The molecule has 0 aromatic carbocycles. The summed E-state index contributed by atoms with van der Waals surface area (Å²) in [6, 6.07) is 0. The highest BCUT2D eigenvalue weighted by molar-refractivity contribution is 9.25. The van der Waals surface area contributed by atoms with Gasteiger partial charge in [-0.15, -0.1) is 0 Å². The summed E-state index contributed by atoms with van der Waals surface area (Å²) in [4.78, 5) is 11.1. The zero-order chi connectivity index (χ0) is 10.7. The largest absolute Gasteiger partial charge is 0.436 e. The van der Waals surface area contributed by atoms with Gasteiger partial charge in [0, 0.05) is 17.2 Å². The topological polar surface area (TPSA) is 26.3 Å². The maximum absolute atomic E-state index is 11.1. The number of rotatable bonds is 4. The molecule has 0 aliphatic rings. The molecule has 0 bridgehead atoms. The van der Waals surface area contributed by atoms with Crippen LogP contribution in [0.3, 0.4) is 0 Å². The van der Waals surface area contributed by atoms with E-state index in [2.05, 4.69) is 47.8 Å².